The van der Waals surface area contributed by atoms with Gasteiger partial charge in [0.1, 0.15) is 9.17 Å². The van der Waals surface area contributed by atoms with E-state index >= 15 is 0 Å². The molecule has 0 saturated carbocycles. The largest absolute Gasteiger partial charge is 0.493 e. The number of thiophene rings is 1. The standard InChI is InChI=1S/C19H31Cl3N2O2S/c1-5-24(6-2)12-11-23-19(25)15-16(26-4)18(22)27-17(15)13(3)9-7-8-10-14(20)21/h13-14H,5-12H2,1-4H3,(H,23,25). The molecule has 8 heteroatoms. The molecule has 1 unspecified atom stereocenters. The average molecular weight is 458 g/mol. The summed E-state index contributed by atoms with van der Waals surface area (Å²) in [6.07, 6.45) is 3.69. The number of rotatable bonds is 13. The fourth-order valence-electron chi connectivity index (χ4n) is 2.98. The molecule has 1 amide bonds. The molecule has 1 rings (SSSR count). The number of halogens is 3. The minimum atomic E-state index is -0.316. The van der Waals surface area contributed by atoms with Crippen LogP contribution < -0.4 is 10.1 Å². The van der Waals surface area contributed by atoms with Crippen LogP contribution in [0.25, 0.3) is 0 Å². The molecular formula is C19H31Cl3N2O2S. The molecule has 1 atom stereocenters. The fourth-order valence-corrected chi connectivity index (χ4v) is 4.79. The van der Waals surface area contributed by atoms with Crippen LogP contribution in [-0.2, 0) is 0 Å². The maximum absolute atomic E-state index is 12.8. The Morgan fingerprint density at radius 3 is 2.41 bits per heavy atom. The summed E-state index contributed by atoms with van der Waals surface area (Å²) in [6.45, 7) is 9.70. The van der Waals surface area contributed by atoms with E-state index < -0.39 is 0 Å². The van der Waals surface area contributed by atoms with Crippen molar-refractivity contribution in [2.24, 2.45) is 0 Å². The maximum Gasteiger partial charge on any atom is 0.256 e. The number of alkyl halides is 2. The highest BCUT2D eigenvalue weighted by atomic mass is 35.5. The van der Waals surface area contributed by atoms with E-state index in [-0.39, 0.29) is 16.7 Å². The van der Waals surface area contributed by atoms with Crippen molar-refractivity contribution in [3.8, 4) is 5.75 Å². The molecule has 0 aromatic carbocycles. The summed E-state index contributed by atoms with van der Waals surface area (Å²) in [6, 6.07) is 0. The number of unbranched alkanes of at least 4 members (excludes halogenated alkanes) is 1. The summed E-state index contributed by atoms with van der Waals surface area (Å²) >= 11 is 19.4. The van der Waals surface area contributed by atoms with Crippen LogP contribution in [0, 0.1) is 0 Å². The Bertz CT molecular complexity index is 578. The lowest BCUT2D eigenvalue weighted by molar-refractivity contribution is 0.0945. The van der Waals surface area contributed by atoms with E-state index in [1.807, 2.05) is 0 Å². The molecule has 1 aromatic rings. The average Bonchev–Trinajstić information content (AvgIpc) is 2.98. The number of likely N-dealkylation sites (N-methyl/N-ethyl adjacent to an activating group) is 1. The van der Waals surface area contributed by atoms with Crippen LogP contribution in [0.15, 0.2) is 0 Å². The summed E-state index contributed by atoms with van der Waals surface area (Å²) in [5, 5.41) is 3.02. The lowest BCUT2D eigenvalue weighted by atomic mass is 9.98. The topological polar surface area (TPSA) is 41.6 Å². The van der Waals surface area contributed by atoms with Crippen molar-refractivity contribution in [3.05, 3.63) is 14.8 Å². The van der Waals surface area contributed by atoms with E-state index in [9.17, 15) is 4.79 Å². The Balaban J connectivity index is 2.80. The van der Waals surface area contributed by atoms with Crippen molar-refractivity contribution in [1.82, 2.24) is 10.2 Å². The number of methoxy groups -OCH3 is 1. The Labute approximate surface area is 182 Å². The fraction of sp³-hybridized carbons (Fsp3) is 0.737. The lowest BCUT2D eigenvalue weighted by Gasteiger charge is -2.18. The zero-order valence-corrected chi connectivity index (χ0v) is 19.7. The molecule has 0 aliphatic heterocycles. The van der Waals surface area contributed by atoms with Gasteiger partial charge in [-0.05, 0) is 31.8 Å². The van der Waals surface area contributed by atoms with E-state index in [2.05, 4.69) is 31.0 Å². The first-order valence-corrected chi connectivity index (χ1v) is 11.6. The predicted octanol–water partition coefficient (Wildman–Crippen LogP) is 5.95. The van der Waals surface area contributed by atoms with Crippen molar-refractivity contribution in [2.75, 3.05) is 33.3 Å². The van der Waals surface area contributed by atoms with Gasteiger partial charge in [0.05, 0.1) is 12.7 Å². The third kappa shape index (κ3) is 7.98. The van der Waals surface area contributed by atoms with Crippen LogP contribution in [0.2, 0.25) is 4.34 Å². The monoisotopic (exact) mass is 456 g/mol. The first-order chi connectivity index (χ1) is 12.8. The smallest absolute Gasteiger partial charge is 0.256 e. The first kappa shape index (κ1) is 24.8. The molecule has 0 aliphatic rings. The minimum absolute atomic E-state index is 0.120. The number of nitrogens with zero attached hydrogens (tertiary/aromatic N) is 1. The Morgan fingerprint density at radius 2 is 1.85 bits per heavy atom. The minimum Gasteiger partial charge on any atom is -0.493 e. The van der Waals surface area contributed by atoms with E-state index in [4.69, 9.17) is 39.5 Å². The predicted molar refractivity (Wildman–Crippen MR) is 118 cm³/mol. The van der Waals surface area contributed by atoms with Gasteiger partial charge < -0.3 is 15.0 Å². The third-order valence-electron chi connectivity index (χ3n) is 4.65. The quantitative estimate of drug-likeness (QED) is 0.294. The van der Waals surface area contributed by atoms with Gasteiger partial charge in [0, 0.05) is 18.0 Å². The molecule has 0 aliphatic carbocycles. The number of carbonyl (C=O) groups excluding carboxylic acids is 1. The van der Waals surface area contributed by atoms with Gasteiger partial charge in [-0.25, -0.2) is 0 Å². The van der Waals surface area contributed by atoms with Crippen LogP contribution in [-0.4, -0.2) is 48.9 Å². The van der Waals surface area contributed by atoms with E-state index in [0.29, 0.717) is 22.2 Å². The Morgan fingerprint density at radius 1 is 1.22 bits per heavy atom. The zero-order chi connectivity index (χ0) is 20.4. The molecule has 1 aromatic heterocycles. The zero-order valence-electron chi connectivity index (χ0n) is 16.6. The molecule has 1 N–H and O–H groups in total. The molecule has 0 radical (unpaired) electrons. The van der Waals surface area contributed by atoms with Crippen molar-refractivity contribution >= 4 is 52.0 Å². The molecule has 0 fully saturated rings. The van der Waals surface area contributed by atoms with Gasteiger partial charge >= 0.3 is 0 Å². The molecule has 1 heterocycles. The summed E-state index contributed by atoms with van der Waals surface area (Å²) in [5.41, 5.74) is 0.576. The SMILES string of the molecule is CCN(CC)CCNC(=O)c1c(C(C)CCCCC(Cl)Cl)sc(Cl)c1OC. The van der Waals surface area contributed by atoms with Gasteiger partial charge in [0.2, 0.25) is 0 Å². The van der Waals surface area contributed by atoms with Crippen LogP contribution >= 0.6 is 46.1 Å². The molecule has 0 saturated heterocycles. The normalized spacial score (nSPS) is 12.6. The Hall–Kier alpha value is -0.200. The van der Waals surface area contributed by atoms with Crippen molar-refractivity contribution in [3.63, 3.8) is 0 Å². The van der Waals surface area contributed by atoms with Crippen molar-refractivity contribution < 1.29 is 9.53 Å². The van der Waals surface area contributed by atoms with Gasteiger partial charge in [-0.2, -0.15) is 0 Å². The maximum atomic E-state index is 12.8. The molecule has 4 nitrogen and oxygen atoms in total. The van der Waals surface area contributed by atoms with Crippen LogP contribution in [0.1, 0.15) is 67.6 Å². The molecular weight excluding hydrogens is 427 g/mol. The second-order valence-electron chi connectivity index (χ2n) is 6.51. The highest BCUT2D eigenvalue weighted by Crippen LogP contribution is 2.44. The number of ether oxygens (including phenoxy) is 1. The summed E-state index contributed by atoms with van der Waals surface area (Å²) in [5.74, 6) is 0.569. The van der Waals surface area contributed by atoms with Gasteiger partial charge in [-0.1, -0.05) is 45.2 Å². The summed E-state index contributed by atoms with van der Waals surface area (Å²) in [4.78, 5) is 15.8. The number of amides is 1. The van der Waals surface area contributed by atoms with Crippen LogP contribution in [0.5, 0.6) is 5.75 Å². The third-order valence-corrected chi connectivity index (χ3v) is 6.68. The van der Waals surface area contributed by atoms with E-state index in [0.717, 1.165) is 50.2 Å². The van der Waals surface area contributed by atoms with Gasteiger partial charge in [-0.3, -0.25) is 4.79 Å². The highest BCUT2D eigenvalue weighted by molar-refractivity contribution is 7.17. The van der Waals surface area contributed by atoms with Crippen LogP contribution in [0.3, 0.4) is 0 Å². The van der Waals surface area contributed by atoms with Crippen LogP contribution in [0.4, 0.5) is 0 Å². The summed E-state index contributed by atoms with van der Waals surface area (Å²) < 4.78 is 5.95. The number of nitrogens with one attached hydrogen (secondary N) is 1. The number of hydrogen-bond acceptors (Lipinski definition) is 4. The number of carbonyl (C=O) groups is 1. The highest BCUT2D eigenvalue weighted by Gasteiger charge is 2.26. The van der Waals surface area contributed by atoms with Gasteiger partial charge in [-0.15, -0.1) is 34.5 Å². The van der Waals surface area contributed by atoms with Crippen molar-refractivity contribution in [2.45, 2.75) is 57.2 Å². The molecule has 0 bridgehead atoms. The van der Waals surface area contributed by atoms with Gasteiger partial charge in [0.15, 0.2) is 5.75 Å². The molecule has 27 heavy (non-hydrogen) atoms. The molecule has 0 spiro atoms. The lowest BCUT2D eigenvalue weighted by Crippen LogP contribution is -2.35. The van der Waals surface area contributed by atoms with Gasteiger partial charge in [0.25, 0.3) is 5.91 Å². The number of hydrogen-bond donors (Lipinski definition) is 1. The second-order valence-corrected chi connectivity index (χ2v) is 9.44. The molecule has 156 valence electrons. The van der Waals surface area contributed by atoms with Crippen molar-refractivity contribution in [1.29, 1.82) is 0 Å². The second kappa shape index (κ2) is 13.1. The van der Waals surface area contributed by atoms with E-state index in [1.165, 1.54) is 11.3 Å². The first-order valence-electron chi connectivity index (χ1n) is 9.50. The Kier molecular flexibility index (Phi) is 12.1. The summed E-state index contributed by atoms with van der Waals surface area (Å²) in [7, 11) is 1.55. The van der Waals surface area contributed by atoms with E-state index in [1.54, 1.807) is 7.11 Å².